The zero-order chi connectivity index (χ0) is 14.4. The summed E-state index contributed by atoms with van der Waals surface area (Å²) in [6.45, 7) is 6.24. The molecule has 0 aliphatic carbocycles. The number of aldehydes is 1. The first-order valence-electron chi connectivity index (χ1n) is 7.40. The number of carbonyl (C=O) groups is 1. The Kier molecular flexibility index (Phi) is 5.30. The highest BCUT2D eigenvalue weighted by Gasteiger charge is 2.18. The molecule has 0 bridgehead atoms. The number of carbonyl (C=O) groups excluding carboxylic acids is 1. The molecule has 1 heterocycles. The summed E-state index contributed by atoms with van der Waals surface area (Å²) in [6.07, 6.45) is 5.65. The first-order valence-corrected chi connectivity index (χ1v) is 7.40. The molecule has 2 rings (SSSR count). The van der Waals surface area contributed by atoms with Crippen LogP contribution < -0.4 is 0 Å². The number of nitrogens with one attached hydrogen (secondary N) is 1. The molecule has 1 unspecified atom stereocenters. The molecule has 20 heavy (non-hydrogen) atoms. The molecular formula is C16H23N3O. The second-order valence-corrected chi connectivity index (χ2v) is 5.16. The van der Waals surface area contributed by atoms with E-state index in [1.54, 1.807) is 6.33 Å². The third-order valence-corrected chi connectivity index (χ3v) is 3.61. The van der Waals surface area contributed by atoms with Crippen LogP contribution in [0.4, 0.5) is 0 Å². The molecule has 1 atom stereocenters. The maximum absolute atomic E-state index is 11.5. The van der Waals surface area contributed by atoms with Gasteiger partial charge in [-0.3, -0.25) is 4.90 Å². The highest BCUT2D eigenvalue weighted by Crippen LogP contribution is 2.17. The van der Waals surface area contributed by atoms with Gasteiger partial charge in [-0.1, -0.05) is 26.0 Å². The minimum Gasteiger partial charge on any atom is -0.345 e. The molecule has 0 spiro atoms. The van der Waals surface area contributed by atoms with Gasteiger partial charge < -0.3 is 9.78 Å². The first kappa shape index (κ1) is 14.7. The summed E-state index contributed by atoms with van der Waals surface area (Å²) in [4.78, 5) is 21.3. The Bertz CT molecular complexity index is 543. The summed E-state index contributed by atoms with van der Waals surface area (Å²) in [7, 11) is 0. The fraction of sp³-hybridized carbons (Fsp3) is 0.500. The summed E-state index contributed by atoms with van der Waals surface area (Å²) in [5, 5.41) is 0. The van der Waals surface area contributed by atoms with Crippen molar-refractivity contribution in [3.05, 3.63) is 30.1 Å². The SMILES string of the molecule is CCCN(CCC)C(C=O)Cc1cccc2[nH]cnc12. The van der Waals surface area contributed by atoms with Crippen LogP contribution in [0.25, 0.3) is 11.0 Å². The summed E-state index contributed by atoms with van der Waals surface area (Å²) in [5.74, 6) is 0. The Morgan fingerprint density at radius 3 is 2.70 bits per heavy atom. The van der Waals surface area contributed by atoms with E-state index in [-0.39, 0.29) is 6.04 Å². The van der Waals surface area contributed by atoms with Crippen molar-refractivity contribution in [1.29, 1.82) is 0 Å². The van der Waals surface area contributed by atoms with Crippen molar-refractivity contribution in [1.82, 2.24) is 14.9 Å². The third kappa shape index (κ3) is 3.25. The van der Waals surface area contributed by atoms with E-state index in [1.807, 2.05) is 12.1 Å². The predicted molar refractivity (Wildman–Crippen MR) is 81.8 cm³/mol. The monoisotopic (exact) mass is 273 g/mol. The lowest BCUT2D eigenvalue weighted by molar-refractivity contribution is -0.112. The number of rotatable bonds is 8. The Labute approximate surface area is 120 Å². The molecule has 0 fully saturated rings. The number of H-pyrrole nitrogens is 1. The lowest BCUT2D eigenvalue weighted by atomic mass is 10.0. The Balaban J connectivity index is 2.20. The number of nitrogens with zero attached hydrogens (tertiary/aromatic N) is 2. The van der Waals surface area contributed by atoms with Crippen LogP contribution >= 0.6 is 0 Å². The van der Waals surface area contributed by atoms with Crippen molar-refractivity contribution in [3.63, 3.8) is 0 Å². The van der Waals surface area contributed by atoms with Gasteiger partial charge in [0.2, 0.25) is 0 Å². The number of aromatic amines is 1. The van der Waals surface area contributed by atoms with E-state index in [9.17, 15) is 4.79 Å². The number of hydrogen-bond acceptors (Lipinski definition) is 3. The van der Waals surface area contributed by atoms with E-state index >= 15 is 0 Å². The van der Waals surface area contributed by atoms with Crippen molar-refractivity contribution < 1.29 is 4.79 Å². The van der Waals surface area contributed by atoms with E-state index in [2.05, 4.69) is 34.8 Å². The van der Waals surface area contributed by atoms with Crippen LogP contribution in [0.1, 0.15) is 32.3 Å². The molecule has 108 valence electrons. The summed E-state index contributed by atoms with van der Waals surface area (Å²) in [5.41, 5.74) is 3.15. The molecule has 0 saturated carbocycles. The van der Waals surface area contributed by atoms with Gasteiger partial charge in [-0.05, 0) is 44.0 Å². The minimum absolute atomic E-state index is 0.0581. The van der Waals surface area contributed by atoms with Crippen molar-refractivity contribution in [2.24, 2.45) is 0 Å². The molecule has 4 nitrogen and oxygen atoms in total. The van der Waals surface area contributed by atoms with E-state index in [0.717, 1.165) is 55.2 Å². The normalized spacial score (nSPS) is 12.9. The number of para-hydroxylation sites is 1. The van der Waals surface area contributed by atoms with Crippen LogP contribution in [0.2, 0.25) is 0 Å². The summed E-state index contributed by atoms with van der Waals surface area (Å²) < 4.78 is 0. The first-order chi connectivity index (χ1) is 9.80. The molecule has 0 amide bonds. The maximum atomic E-state index is 11.5. The fourth-order valence-corrected chi connectivity index (χ4v) is 2.70. The Hall–Kier alpha value is -1.68. The largest absolute Gasteiger partial charge is 0.345 e. The average molecular weight is 273 g/mol. The molecule has 4 heteroatoms. The number of benzene rings is 1. The van der Waals surface area contributed by atoms with Crippen LogP contribution in [0, 0.1) is 0 Å². The standard InChI is InChI=1S/C16H23N3O/c1-3-8-19(9-4-2)14(11-20)10-13-6-5-7-15-16(13)18-12-17-15/h5-7,11-12,14H,3-4,8-10H2,1-2H3,(H,17,18). The van der Waals surface area contributed by atoms with Crippen LogP contribution in [-0.2, 0) is 11.2 Å². The quantitative estimate of drug-likeness (QED) is 0.752. The lowest BCUT2D eigenvalue weighted by Gasteiger charge is -2.27. The highest BCUT2D eigenvalue weighted by atomic mass is 16.1. The molecule has 0 aliphatic rings. The molecule has 0 saturated heterocycles. The predicted octanol–water partition coefficient (Wildman–Crippen LogP) is 2.79. The summed E-state index contributed by atoms with van der Waals surface area (Å²) >= 11 is 0. The second kappa shape index (κ2) is 7.20. The van der Waals surface area contributed by atoms with Gasteiger partial charge >= 0.3 is 0 Å². The van der Waals surface area contributed by atoms with Gasteiger partial charge in [-0.2, -0.15) is 0 Å². The van der Waals surface area contributed by atoms with Crippen molar-refractivity contribution in [2.45, 2.75) is 39.2 Å². The zero-order valence-electron chi connectivity index (χ0n) is 12.3. The van der Waals surface area contributed by atoms with Gasteiger partial charge in [0, 0.05) is 0 Å². The van der Waals surface area contributed by atoms with Crippen LogP contribution in [0.15, 0.2) is 24.5 Å². The number of hydrogen-bond donors (Lipinski definition) is 1. The molecular weight excluding hydrogens is 250 g/mol. The smallest absolute Gasteiger partial charge is 0.137 e. The van der Waals surface area contributed by atoms with E-state index in [0.29, 0.717) is 0 Å². The molecule has 1 aromatic heterocycles. The van der Waals surface area contributed by atoms with E-state index in [1.165, 1.54) is 0 Å². The van der Waals surface area contributed by atoms with Gasteiger partial charge in [0.25, 0.3) is 0 Å². The van der Waals surface area contributed by atoms with E-state index < -0.39 is 0 Å². The molecule has 1 aromatic carbocycles. The highest BCUT2D eigenvalue weighted by molar-refractivity contribution is 5.78. The van der Waals surface area contributed by atoms with Crippen molar-refractivity contribution in [2.75, 3.05) is 13.1 Å². The van der Waals surface area contributed by atoms with Crippen LogP contribution in [0.3, 0.4) is 0 Å². The molecule has 2 aromatic rings. The third-order valence-electron chi connectivity index (χ3n) is 3.61. The Morgan fingerprint density at radius 1 is 1.30 bits per heavy atom. The topological polar surface area (TPSA) is 49.0 Å². The fourth-order valence-electron chi connectivity index (χ4n) is 2.70. The van der Waals surface area contributed by atoms with Crippen LogP contribution in [-0.4, -0.2) is 40.3 Å². The molecule has 0 radical (unpaired) electrons. The van der Waals surface area contributed by atoms with Gasteiger partial charge in [0.05, 0.1) is 23.4 Å². The Morgan fingerprint density at radius 2 is 2.05 bits per heavy atom. The zero-order valence-corrected chi connectivity index (χ0v) is 12.3. The minimum atomic E-state index is -0.0581. The van der Waals surface area contributed by atoms with Gasteiger partial charge in [0.1, 0.15) is 6.29 Å². The number of aromatic nitrogens is 2. The molecule has 1 N–H and O–H groups in total. The lowest BCUT2D eigenvalue weighted by Crippen LogP contribution is -2.39. The van der Waals surface area contributed by atoms with Gasteiger partial charge in [-0.25, -0.2) is 4.98 Å². The molecule has 0 aliphatic heterocycles. The van der Waals surface area contributed by atoms with Crippen LogP contribution in [0.5, 0.6) is 0 Å². The number of imidazole rings is 1. The number of fused-ring (bicyclic) bond motifs is 1. The van der Waals surface area contributed by atoms with Gasteiger partial charge in [0.15, 0.2) is 0 Å². The van der Waals surface area contributed by atoms with E-state index in [4.69, 9.17) is 0 Å². The van der Waals surface area contributed by atoms with Crippen molar-refractivity contribution in [3.8, 4) is 0 Å². The van der Waals surface area contributed by atoms with Gasteiger partial charge in [-0.15, -0.1) is 0 Å². The average Bonchev–Trinajstić information content (AvgIpc) is 2.94. The van der Waals surface area contributed by atoms with Crippen molar-refractivity contribution >= 4 is 17.3 Å². The second-order valence-electron chi connectivity index (χ2n) is 5.16. The maximum Gasteiger partial charge on any atom is 0.137 e. The summed E-state index contributed by atoms with van der Waals surface area (Å²) in [6, 6.07) is 6.03.